The minimum atomic E-state index is 0.214. The number of amides is 1. The first-order valence-electron chi connectivity index (χ1n) is 11.2. The smallest absolute Gasteiger partial charge is 0.228 e. The van der Waals surface area contributed by atoms with Crippen LogP contribution in [0, 0.1) is 23.2 Å². The molecule has 5 heteroatoms. The van der Waals surface area contributed by atoms with Crippen LogP contribution in [-0.4, -0.2) is 15.9 Å². The molecule has 1 N–H and O–H groups in total. The highest BCUT2D eigenvalue weighted by Gasteiger charge is 2.51. The molecule has 4 bridgehead atoms. The van der Waals surface area contributed by atoms with Gasteiger partial charge in [0.15, 0.2) is 11.2 Å². The summed E-state index contributed by atoms with van der Waals surface area (Å²) in [5, 5.41) is 3.17. The molecule has 0 saturated heterocycles. The molecule has 0 unspecified atom stereocenters. The van der Waals surface area contributed by atoms with Gasteiger partial charge in [0.05, 0.1) is 0 Å². The molecule has 0 aliphatic heterocycles. The predicted molar refractivity (Wildman–Crippen MR) is 114 cm³/mol. The molecule has 7 rings (SSSR count). The lowest BCUT2D eigenvalue weighted by molar-refractivity contribution is -0.129. The maximum atomic E-state index is 12.7. The summed E-state index contributed by atoms with van der Waals surface area (Å²) >= 11 is 0. The minimum absolute atomic E-state index is 0.214. The number of carbonyl (C=O) groups excluding carboxylic acids is 1. The molecular weight excluding hydrogens is 374 g/mol. The molecule has 154 valence electrons. The van der Waals surface area contributed by atoms with Gasteiger partial charge in [-0.25, -0.2) is 4.98 Å². The van der Waals surface area contributed by atoms with Gasteiger partial charge in [0.2, 0.25) is 11.8 Å². The van der Waals surface area contributed by atoms with Crippen molar-refractivity contribution in [1.82, 2.24) is 15.3 Å². The summed E-state index contributed by atoms with van der Waals surface area (Å²) in [5.74, 6) is 3.45. The van der Waals surface area contributed by atoms with E-state index in [0.29, 0.717) is 35.5 Å². The fraction of sp³-hybridized carbons (Fsp3) is 0.480. The number of pyridine rings is 1. The van der Waals surface area contributed by atoms with Gasteiger partial charge in [-0.1, -0.05) is 12.1 Å². The van der Waals surface area contributed by atoms with E-state index in [1.165, 1.54) is 38.5 Å². The topological polar surface area (TPSA) is 68.0 Å². The van der Waals surface area contributed by atoms with Crippen LogP contribution in [-0.2, 0) is 11.3 Å². The normalized spacial score (nSPS) is 29.4. The molecule has 0 atom stereocenters. The standard InChI is InChI=1S/C25H27N3O2/c29-22(14-25-11-17-8-18(12-25)10-19(9-17)13-25)27-15-16-3-5-20(6-4-16)24-28-23-21(30-24)2-1-7-26-23/h1-7,17-19H,8-15H2,(H,27,29). The molecular formula is C25H27N3O2. The van der Waals surface area contributed by atoms with E-state index in [-0.39, 0.29) is 5.91 Å². The zero-order valence-electron chi connectivity index (χ0n) is 17.1. The highest BCUT2D eigenvalue weighted by molar-refractivity contribution is 5.77. The molecule has 4 fully saturated rings. The van der Waals surface area contributed by atoms with Gasteiger partial charge in [0.1, 0.15) is 0 Å². The summed E-state index contributed by atoms with van der Waals surface area (Å²) in [6.07, 6.45) is 10.5. The van der Waals surface area contributed by atoms with Crippen LogP contribution in [0.5, 0.6) is 0 Å². The van der Waals surface area contributed by atoms with Crippen LogP contribution in [0.1, 0.15) is 50.5 Å². The molecule has 4 aliphatic rings. The van der Waals surface area contributed by atoms with E-state index >= 15 is 0 Å². The third kappa shape index (κ3) is 3.30. The van der Waals surface area contributed by atoms with Gasteiger partial charge in [-0.15, -0.1) is 0 Å². The van der Waals surface area contributed by atoms with Gasteiger partial charge in [0.25, 0.3) is 0 Å². The molecule has 0 spiro atoms. The average molecular weight is 402 g/mol. The summed E-state index contributed by atoms with van der Waals surface area (Å²) in [7, 11) is 0. The Balaban J connectivity index is 1.08. The fourth-order valence-corrected chi connectivity index (χ4v) is 6.77. The number of nitrogens with zero attached hydrogens (tertiary/aromatic N) is 2. The van der Waals surface area contributed by atoms with Crippen molar-refractivity contribution in [3.63, 3.8) is 0 Å². The van der Waals surface area contributed by atoms with Gasteiger partial charge in [-0.05, 0) is 91.5 Å². The molecule has 2 heterocycles. The Hall–Kier alpha value is -2.69. The molecule has 4 saturated carbocycles. The Morgan fingerprint density at radius 2 is 1.73 bits per heavy atom. The number of hydrogen-bond acceptors (Lipinski definition) is 4. The second kappa shape index (κ2) is 6.93. The number of rotatable bonds is 5. The Morgan fingerprint density at radius 1 is 1.03 bits per heavy atom. The van der Waals surface area contributed by atoms with E-state index in [1.54, 1.807) is 6.20 Å². The van der Waals surface area contributed by atoms with Crippen LogP contribution >= 0.6 is 0 Å². The van der Waals surface area contributed by atoms with E-state index in [4.69, 9.17) is 4.42 Å². The highest BCUT2D eigenvalue weighted by Crippen LogP contribution is 2.61. The maximum Gasteiger partial charge on any atom is 0.228 e. The van der Waals surface area contributed by atoms with Gasteiger partial charge in [0, 0.05) is 24.7 Å². The highest BCUT2D eigenvalue weighted by atomic mass is 16.3. The zero-order valence-corrected chi connectivity index (χ0v) is 17.1. The molecule has 30 heavy (non-hydrogen) atoms. The van der Waals surface area contributed by atoms with Crippen molar-refractivity contribution in [2.45, 2.75) is 51.5 Å². The lowest BCUT2D eigenvalue weighted by Gasteiger charge is -2.56. The summed E-state index contributed by atoms with van der Waals surface area (Å²) in [6, 6.07) is 11.8. The van der Waals surface area contributed by atoms with Crippen molar-refractivity contribution in [2.24, 2.45) is 23.2 Å². The van der Waals surface area contributed by atoms with Gasteiger partial charge < -0.3 is 9.73 Å². The van der Waals surface area contributed by atoms with Crippen LogP contribution in [0.3, 0.4) is 0 Å². The number of fused-ring (bicyclic) bond motifs is 1. The first kappa shape index (κ1) is 18.1. The third-order valence-electron chi connectivity index (χ3n) is 7.56. The van der Waals surface area contributed by atoms with Crippen molar-refractivity contribution in [1.29, 1.82) is 0 Å². The molecule has 1 aromatic carbocycles. The van der Waals surface area contributed by atoms with Gasteiger partial charge >= 0.3 is 0 Å². The number of nitrogens with one attached hydrogen (secondary N) is 1. The van der Waals surface area contributed by atoms with Crippen molar-refractivity contribution in [3.05, 3.63) is 48.2 Å². The number of benzene rings is 1. The number of oxazole rings is 1. The van der Waals surface area contributed by atoms with Crippen LogP contribution in [0.25, 0.3) is 22.7 Å². The predicted octanol–water partition coefficient (Wildman–Crippen LogP) is 5.11. The first-order valence-corrected chi connectivity index (χ1v) is 11.2. The fourth-order valence-electron chi connectivity index (χ4n) is 6.77. The summed E-state index contributed by atoms with van der Waals surface area (Å²) < 4.78 is 5.78. The van der Waals surface area contributed by atoms with Crippen molar-refractivity contribution >= 4 is 17.1 Å². The average Bonchev–Trinajstić information content (AvgIpc) is 3.15. The first-order chi connectivity index (χ1) is 14.6. The Labute approximate surface area is 176 Å². The number of carbonyl (C=O) groups is 1. The van der Waals surface area contributed by atoms with Crippen LogP contribution in [0.2, 0.25) is 0 Å². The second-order valence-electron chi connectivity index (χ2n) is 9.91. The Bertz CT molecular complexity index is 1020. The third-order valence-corrected chi connectivity index (χ3v) is 7.56. The second-order valence-corrected chi connectivity index (χ2v) is 9.91. The SMILES string of the molecule is O=C(CC12CC3CC(CC(C3)C1)C2)NCc1ccc(-c2nc3ncccc3o2)cc1. The van der Waals surface area contributed by atoms with Crippen LogP contribution < -0.4 is 5.32 Å². The summed E-state index contributed by atoms with van der Waals surface area (Å²) in [5.41, 5.74) is 3.61. The molecule has 0 radical (unpaired) electrons. The molecule has 2 aromatic heterocycles. The largest absolute Gasteiger partial charge is 0.434 e. The molecule has 3 aromatic rings. The summed E-state index contributed by atoms with van der Waals surface area (Å²) in [6.45, 7) is 0.570. The lowest BCUT2D eigenvalue weighted by Crippen LogP contribution is -2.47. The number of aromatic nitrogens is 2. The van der Waals surface area contributed by atoms with Crippen LogP contribution in [0.15, 0.2) is 47.0 Å². The minimum Gasteiger partial charge on any atom is -0.434 e. The van der Waals surface area contributed by atoms with Crippen molar-refractivity contribution < 1.29 is 9.21 Å². The lowest BCUT2D eigenvalue weighted by atomic mass is 9.49. The van der Waals surface area contributed by atoms with E-state index in [0.717, 1.165) is 28.9 Å². The molecule has 4 aliphatic carbocycles. The monoisotopic (exact) mass is 401 g/mol. The quantitative estimate of drug-likeness (QED) is 0.645. The molecule has 5 nitrogen and oxygen atoms in total. The Morgan fingerprint density at radius 3 is 2.40 bits per heavy atom. The van der Waals surface area contributed by atoms with E-state index in [9.17, 15) is 4.79 Å². The van der Waals surface area contributed by atoms with Gasteiger partial charge in [-0.3, -0.25) is 4.79 Å². The summed E-state index contributed by atoms with van der Waals surface area (Å²) in [4.78, 5) is 21.4. The van der Waals surface area contributed by atoms with E-state index in [1.807, 2.05) is 36.4 Å². The molecule has 1 amide bonds. The van der Waals surface area contributed by atoms with Gasteiger partial charge in [-0.2, -0.15) is 4.98 Å². The van der Waals surface area contributed by atoms with E-state index in [2.05, 4.69) is 15.3 Å². The maximum absolute atomic E-state index is 12.7. The number of hydrogen-bond donors (Lipinski definition) is 1. The van der Waals surface area contributed by atoms with Crippen molar-refractivity contribution in [3.8, 4) is 11.5 Å². The zero-order chi connectivity index (χ0) is 20.1. The van der Waals surface area contributed by atoms with Crippen LogP contribution in [0.4, 0.5) is 0 Å². The Kier molecular flexibility index (Phi) is 4.18. The van der Waals surface area contributed by atoms with Crippen molar-refractivity contribution in [2.75, 3.05) is 0 Å². The van der Waals surface area contributed by atoms with E-state index < -0.39 is 0 Å².